The molecular weight excluding hydrogens is 338 g/mol. The predicted molar refractivity (Wildman–Crippen MR) is 99.0 cm³/mol. The van der Waals surface area contributed by atoms with Crippen molar-refractivity contribution in [1.82, 2.24) is 10.3 Å². The Bertz CT molecular complexity index is 703. The first-order valence-corrected chi connectivity index (χ1v) is 8.98. The fourth-order valence-corrected chi connectivity index (χ4v) is 3.17. The van der Waals surface area contributed by atoms with E-state index in [1.807, 2.05) is 18.2 Å². The first kappa shape index (κ1) is 17.5. The van der Waals surface area contributed by atoms with Gasteiger partial charge in [-0.25, -0.2) is 4.79 Å². The molecule has 5 nitrogen and oxygen atoms in total. The van der Waals surface area contributed by atoms with E-state index in [9.17, 15) is 4.79 Å². The molecule has 0 saturated heterocycles. The van der Waals surface area contributed by atoms with Crippen LogP contribution in [0.15, 0.2) is 42.6 Å². The Morgan fingerprint density at radius 3 is 2.76 bits per heavy atom. The molecule has 2 N–H and O–H groups in total. The third-order valence-corrected chi connectivity index (χ3v) is 4.53. The number of nitrogens with one attached hydrogen (secondary N) is 2. The minimum Gasteiger partial charge on any atom is -0.486 e. The smallest absolute Gasteiger partial charge is 0.319 e. The molecule has 132 valence electrons. The molecule has 1 fully saturated rings. The SMILES string of the molecule is O=C(Nc1ccc(OCc2ccccn2)c(Cl)c1)NC1CCCCC1. The second-order valence-electron chi connectivity index (χ2n) is 6.19. The van der Waals surface area contributed by atoms with Crippen LogP contribution in [0.4, 0.5) is 10.5 Å². The summed E-state index contributed by atoms with van der Waals surface area (Å²) in [7, 11) is 0. The molecule has 0 atom stereocenters. The quantitative estimate of drug-likeness (QED) is 0.808. The van der Waals surface area contributed by atoms with Gasteiger partial charge in [0, 0.05) is 17.9 Å². The fraction of sp³-hybridized carbons (Fsp3) is 0.368. The van der Waals surface area contributed by atoms with Crippen LogP contribution in [0.5, 0.6) is 5.75 Å². The van der Waals surface area contributed by atoms with Crippen molar-refractivity contribution in [3.63, 3.8) is 0 Å². The van der Waals surface area contributed by atoms with Crippen molar-refractivity contribution >= 4 is 23.3 Å². The molecule has 2 amide bonds. The van der Waals surface area contributed by atoms with Crippen molar-refractivity contribution in [3.8, 4) is 5.75 Å². The lowest BCUT2D eigenvalue weighted by Gasteiger charge is -2.22. The number of urea groups is 1. The van der Waals surface area contributed by atoms with Crippen LogP contribution in [-0.2, 0) is 6.61 Å². The largest absolute Gasteiger partial charge is 0.486 e. The van der Waals surface area contributed by atoms with Gasteiger partial charge in [-0.15, -0.1) is 0 Å². The Morgan fingerprint density at radius 2 is 2.04 bits per heavy atom. The fourth-order valence-electron chi connectivity index (χ4n) is 2.93. The maximum Gasteiger partial charge on any atom is 0.319 e. The van der Waals surface area contributed by atoms with E-state index < -0.39 is 0 Å². The summed E-state index contributed by atoms with van der Waals surface area (Å²) in [4.78, 5) is 16.3. The lowest BCUT2D eigenvalue weighted by molar-refractivity contribution is 0.244. The van der Waals surface area contributed by atoms with Crippen LogP contribution < -0.4 is 15.4 Å². The number of hydrogen-bond acceptors (Lipinski definition) is 3. The molecule has 1 aliphatic carbocycles. The number of aromatic nitrogens is 1. The topological polar surface area (TPSA) is 63.2 Å². The maximum atomic E-state index is 12.1. The zero-order chi connectivity index (χ0) is 17.5. The average Bonchev–Trinajstić information content (AvgIpc) is 2.63. The Labute approximate surface area is 152 Å². The molecule has 1 aromatic carbocycles. The number of anilines is 1. The van der Waals surface area contributed by atoms with E-state index in [0.29, 0.717) is 23.1 Å². The van der Waals surface area contributed by atoms with Crippen molar-refractivity contribution < 1.29 is 9.53 Å². The number of hydrogen-bond donors (Lipinski definition) is 2. The lowest BCUT2D eigenvalue weighted by Crippen LogP contribution is -2.39. The van der Waals surface area contributed by atoms with E-state index in [-0.39, 0.29) is 12.1 Å². The number of rotatable bonds is 5. The predicted octanol–water partition coefficient (Wildman–Crippen LogP) is 4.77. The first-order chi connectivity index (χ1) is 12.2. The van der Waals surface area contributed by atoms with E-state index in [1.54, 1.807) is 24.4 Å². The van der Waals surface area contributed by atoms with Crippen LogP contribution in [0.1, 0.15) is 37.8 Å². The van der Waals surface area contributed by atoms with Gasteiger partial charge in [-0.1, -0.05) is 36.9 Å². The summed E-state index contributed by atoms with van der Waals surface area (Å²) >= 11 is 6.25. The monoisotopic (exact) mass is 359 g/mol. The standard InChI is InChI=1S/C19H22ClN3O2/c20-17-12-15(23-19(24)22-14-6-2-1-3-7-14)9-10-18(17)25-13-16-8-4-5-11-21-16/h4-5,8-12,14H,1-3,6-7,13H2,(H2,22,23,24). The molecular formula is C19H22ClN3O2. The third kappa shape index (κ3) is 5.36. The Balaban J connectivity index is 1.53. The lowest BCUT2D eigenvalue weighted by atomic mass is 9.96. The number of benzene rings is 1. The van der Waals surface area contributed by atoms with Crippen LogP contribution in [0.2, 0.25) is 5.02 Å². The zero-order valence-electron chi connectivity index (χ0n) is 14.0. The minimum absolute atomic E-state index is 0.190. The highest BCUT2D eigenvalue weighted by Crippen LogP contribution is 2.28. The third-order valence-electron chi connectivity index (χ3n) is 4.23. The van der Waals surface area contributed by atoms with Crippen LogP contribution in [0, 0.1) is 0 Å². The van der Waals surface area contributed by atoms with Gasteiger partial charge in [0.1, 0.15) is 12.4 Å². The number of carbonyl (C=O) groups excluding carboxylic acids is 1. The number of ether oxygens (including phenoxy) is 1. The number of nitrogens with zero attached hydrogens (tertiary/aromatic N) is 1. The van der Waals surface area contributed by atoms with Crippen LogP contribution >= 0.6 is 11.6 Å². The second-order valence-corrected chi connectivity index (χ2v) is 6.60. The normalized spacial score (nSPS) is 14.8. The minimum atomic E-state index is -0.190. The maximum absolute atomic E-state index is 12.1. The van der Waals surface area contributed by atoms with Gasteiger partial charge >= 0.3 is 6.03 Å². The van der Waals surface area contributed by atoms with Crippen LogP contribution in [0.25, 0.3) is 0 Å². The average molecular weight is 360 g/mol. The molecule has 0 bridgehead atoms. The molecule has 0 radical (unpaired) electrons. The molecule has 0 unspecified atom stereocenters. The summed E-state index contributed by atoms with van der Waals surface area (Å²) in [5.41, 5.74) is 1.47. The second kappa shape index (κ2) is 8.72. The van der Waals surface area contributed by atoms with Gasteiger partial charge in [0.15, 0.2) is 0 Å². The molecule has 0 spiro atoms. The van der Waals surface area contributed by atoms with Crippen LogP contribution in [0.3, 0.4) is 0 Å². The summed E-state index contributed by atoms with van der Waals surface area (Å²) in [5.74, 6) is 0.561. The molecule has 1 heterocycles. The van der Waals surface area contributed by atoms with E-state index in [1.165, 1.54) is 19.3 Å². The molecule has 6 heteroatoms. The molecule has 25 heavy (non-hydrogen) atoms. The van der Waals surface area contributed by atoms with Crippen LogP contribution in [-0.4, -0.2) is 17.1 Å². The van der Waals surface area contributed by atoms with Crippen molar-refractivity contribution in [2.45, 2.75) is 44.8 Å². The Hall–Kier alpha value is -2.27. The van der Waals surface area contributed by atoms with Gasteiger partial charge < -0.3 is 15.4 Å². The van der Waals surface area contributed by atoms with Crippen molar-refractivity contribution in [2.24, 2.45) is 0 Å². The molecule has 1 aromatic heterocycles. The Kier molecular flexibility index (Phi) is 6.12. The molecule has 3 rings (SSSR count). The van der Waals surface area contributed by atoms with E-state index in [0.717, 1.165) is 18.5 Å². The van der Waals surface area contributed by atoms with E-state index >= 15 is 0 Å². The highest BCUT2D eigenvalue weighted by molar-refractivity contribution is 6.32. The summed E-state index contributed by atoms with van der Waals surface area (Å²) in [5, 5.41) is 6.29. The summed E-state index contributed by atoms with van der Waals surface area (Å²) in [6.07, 6.45) is 7.44. The van der Waals surface area contributed by atoms with E-state index in [2.05, 4.69) is 15.6 Å². The highest BCUT2D eigenvalue weighted by atomic mass is 35.5. The zero-order valence-corrected chi connectivity index (χ0v) is 14.8. The number of carbonyl (C=O) groups is 1. The van der Waals surface area contributed by atoms with Crippen molar-refractivity contribution in [1.29, 1.82) is 0 Å². The van der Waals surface area contributed by atoms with Gasteiger partial charge in [0.25, 0.3) is 0 Å². The number of pyridine rings is 1. The van der Waals surface area contributed by atoms with E-state index in [4.69, 9.17) is 16.3 Å². The van der Waals surface area contributed by atoms with Gasteiger partial charge in [0.05, 0.1) is 10.7 Å². The highest BCUT2D eigenvalue weighted by Gasteiger charge is 2.15. The first-order valence-electron chi connectivity index (χ1n) is 8.60. The number of amides is 2. The van der Waals surface area contributed by atoms with Gasteiger partial charge in [-0.2, -0.15) is 0 Å². The van der Waals surface area contributed by atoms with Crippen molar-refractivity contribution in [3.05, 3.63) is 53.3 Å². The number of halogens is 1. The molecule has 0 aliphatic heterocycles. The molecule has 1 aliphatic rings. The van der Waals surface area contributed by atoms with Gasteiger partial charge in [-0.05, 0) is 43.2 Å². The Morgan fingerprint density at radius 1 is 1.20 bits per heavy atom. The molecule has 1 saturated carbocycles. The summed E-state index contributed by atoms with van der Waals surface area (Å²) in [6, 6.07) is 11.0. The summed E-state index contributed by atoms with van der Waals surface area (Å²) < 4.78 is 5.68. The van der Waals surface area contributed by atoms with Gasteiger partial charge in [-0.3, -0.25) is 4.98 Å². The molecule has 2 aromatic rings. The summed E-state index contributed by atoms with van der Waals surface area (Å²) in [6.45, 7) is 0.343. The van der Waals surface area contributed by atoms with Gasteiger partial charge in [0.2, 0.25) is 0 Å². The van der Waals surface area contributed by atoms with Crippen molar-refractivity contribution in [2.75, 3.05) is 5.32 Å².